The number of alkyl halides is 1. The molecule has 94 valence electrons. The third-order valence-electron chi connectivity index (χ3n) is 2.51. The van der Waals surface area contributed by atoms with Crippen molar-refractivity contribution in [3.8, 4) is 11.1 Å². The normalized spacial score (nSPS) is 11.4. The van der Waals surface area contributed by atoms with Gasteiger partial charge in [-0.3, -0.25) is 0 Å². The molecule has 2 aromatic carbocycles. The van der Waals surface area contributed by atoms with Gasteiger partial charge >= 0.3 is 0 Å². The Balaban J connectivity index is 2.58. The molecular weight excluding hydrogens is 314 g/mol. The van der Waals surface area contributed by atoms with Crippen molar-refractivity contribution in [1.82, 2.24) is 4.72 Å². The lowest BCUT2D eigenvalue weighted by molar-refractivity contribution is 0.588. The predicted octanol–water partition coefficient (Wildman–Crippen LogP) is 2.98. The molecule has 0 fully saturated rings. The second-order valence-corrected chi connectivity index (χ2v) is 5.94. The van der Waals surface area contributed by atoms with Crippen molar-refractivity contribution in [2.75, 3.05) is 5.45 Å². The van der Waals surface area contributed by atoms with Crippen molar-refractivity contribution in [3.05, 3.63) is 54.6 Å². The van der Waals surface area contributed by atoms with Crippen LogP contribution in [0.2, 0.25) is 0 Å². The monoisotopic (exact) mass is 325 g/mol. The Kier molecular flexibility index (Phi) is 4.16. The van der Waals surface area contributed by atoms with Crippen molar-refractivity contribution >= 4 is 26.0 Å². The SMILES string of the molecule is O=S(=O)(NCBr)c1ccccc1-c1ccccc1. The van der Waals surface area contributed by atoms with Crippen molar-refractivity contribution in [3.63, 3.8) is 0 Å². The van der Waals surface area contributed by atoms with Gasteiger partial charge in [0, 0.05) is 5.56 Å². The maximum Gasteiger partial charge on any atom is 0.241 e. The first-order valence-corrected chi connectivity index (χ1v) is 7.96. The molecule has 1 N–H and O–H groups in total. The molecule has 0 saturated carbocycles. The van der Waals surface area contributed by atoms with Gasteiger partial charge in [0.25, 0.3) is 0 Å². The second kappa shape index (κ2) is 5.65. The van der Waals surface area contributed by atoms with Crippen LogP contribution in [0.15, 0.2) is 59.5 Å². The number of sulfonamides is 1. The number of hydrogen-bond acceptors (Lipinski definition) is 2. The van der Waals surface area contributed by atoms with E-state index in [0.717, 1.165) is 5.56 Å². The van der Waals surface area contributed by atoms with Gasteiger partial charge in [-0.15, -0.1) is 0 Å². The summed E-state index contributed by atoms with van der Waals surface area (Å²) in [5, 5.41) is 0. The summed E-state index contributed by atoms with van der Waals surface area (Å²) in [7, 11) is -3.49. The zero-order valence-corrected chi connectivity index (χ0v) is 11.9. The molecule has 0 bridgehead atoms. The molecule has 0 spiro atoms. The van der Waals surface area contributed by atoms with Crippen LogP contribution in [0.3, 0.4) is 0 Å². The van der Waals surface area contributed by atoms with Crippen LogP contribution in [-0.2, 0) is 10.0 Å². The molecule has 0 aliphatic carbocycles. The van der Waals surface area contributed by atoms with Gasteiger partial charge < -0.3 is 0 Å². The lowest BCUT2D eigenvalue weighted by atomic mass is 10.1. The summed E-state index contributed by atoms with van der Waals surface area (Å²) in [5.74, 6) is 0. The standard InChI is InChI=1S/C13H12BrNO2S/c14-10-15-18(16,17)13-9-5-4-8-12(13)11-6-2-1-3-7-11/h1-9,15H,10H2. The first kappa shape index (κ1) is 13.3. The van der Waals surface area contributed by atoms with E-state index in [1.54, 1.807) is 18.2 Å². The summed E-state index contributed by atoms with van der Waals surface area (Å²) >= 11 is 3.07. The molecule has 0 atom stereocenters. The Morgan fingerprint density at radius 3 is 2.22 bits per heavy atom. The third-order valence-corrected chi connectivity index (χ3v) is 4.62. The topological polar surface area (TPSA) is 46.2 Å². The molecule has 3 nitrogen and oxygen atoms in total. The lowest BCUT2D eigenvalue weighted by Gasteiger charge is -2.10. The maximum atomic E-state index is 12.1. The smallest absolute Gasteiger partial charge is 0.207 e. The first-order chi connectivity index (χ1) is 8.65. The van der Waals surface area contributed by atoms with E-state index in [4.69, 9.17) is 0 Å². The summed E-state index contributed by atoms with van der Waals surface area (Å²) in [5.41, 5.74) is 1.78. The van der Waals surface area contributed by atoms with Crippen LogP contribution in [-0.4, -0.2) is 13.9 Å². The minimum absolute atomic E-state index is 0.193. The number of rotatable bonds is 4. The van der Waals surface area contributed by atoms with Crippen molar-refractivity contribution in [1.29, 1.82) is 0 Å². The second-order valence-electron chi connectivity index (χ2n) is 3.64. The zero-order chi connectivity index (χ0) is 13.0. The van der Waals surface area contributed by atoms with Crippen LogP contribution in [0, 0.1) is 0 Å². The molecule has 0 aliphatic heterocycles. The van der Waals surface area contributed by atoms with Crippen LogP contribution >= 0.6 is 15.9 Å². The Morgan fingerprint density at radius 1 is 0.944 bits per heavy atom. The van der Waals surface area contributed by atoms with E-state index in [0.29, 0.717) is 5.56 Å². The fraction of sp³-hybridized carbons (Fsp3) is 0.0769. The van der Waals surface area contributed by atoms with Gasteiger partial charge in [0.05, 0.1) is 10.3 Å². The van der Waals surface area contributed by atoms with E-state index in [1.807, 2.05) is 36.4 Å². The molecule has 0 unspecified atom stereocenters. The van der Waals surface area contributed by atoms with Crippen LogP contribution in [0.4, 0.5) is 0 Å². The molecule has 18 heavy (non-hydrogen) atoms. The fourth-order valence-electron chi connectivity index (χ4n) is 1.71. The highest BCUT2D eigenvalue weighted by molar-refractivity contribution is 9.09. The predicted molar refractivity (Wildman–Crippen MR) is 76.0 cm³/mol. The highest BCUT2D eigenvalue weighted by atomic mass is 79.9. The maximum absolute atomic E-state index is 12.1. The average Bonchev–Trinajstić information content (AvgIpc) is 2.40. The van der Waals surface area contributed by atoms with Crippen molar-refractivity contribution < 1.29 is 8.42 Å². The average molecular weight is 326 g/mol. The molecule has 0 aliphatic rings. The summed E-state index contributed by atoms with van der Waals surface area (Å²) in [6.07, 6.45) is 0. The molecule has 2 aromatic rings. The quantitative estimate of drug-likeness (QED) is 0.693. The number of benzene rings is 2. The molecule has 2 rings (SSSR count). The van der Waals surface area contributed by atoms with E-state index in [-0.39, 0.29) is 10.3 Å². The lowest BCUT2D eigenvalue weighted by Crippen LogP contribution is -2.22. The van der Waals surface area contributed by atoms with Crippen LogP contribution in [0.25, 0.3) is 11.1 Å². The van der Waals surface area contributed by atoms with Gasteiger partial charge in [-0.05, 0) is 11.6 Å². The van der Waals surface area contributed by atoms with E-state index in [1.165, 1.54) is 0 Å². The number of halogens is 1. The van der Waals surface area contributed by atoms with Crippen molar-refractivity contribution in [2.45, 2.75) is 4.90 Å². The first-order valence-electron chi connectivity index (χ1n) is 5.35. The van der Waals surface area contributed by atoms with Gasteiger partial charge in [0.2, 0.25) is 10.0 Å². The summed E-state index contributed by atoms with van der Waals surface area (Å²) < 4.78 is 26.6. The molecule has 0 amide bonds. The summed E-state index contributed by atoms with van der Waals surface area (Å²) in [6, 6.07) is 16.4. The molecule has 0 saturated heterocycles. The van der Waals surface area contributed by atoms with E-state index in [9.17, 15) is 8.42 Å². The van der Waals surface area contributed by atoms with Gasteiger partial charge in [0.1, 0.15) is 0 Å². The minimum atomic E-state index is -3.49. The van der Waals surface area contributed by atoms with E-state index >= 15 is 0 Å². The minimum Gasteiger partial charge on any atom is -0.207 e. The van der Waals surface area contributed by atoms with Crippen LogP contribution in [0.5, 0.6) is 0 Å². The van der Waals surface area contributed by atoms with Gasteiger partial charge in [-0.1, -0.05) is 64.5 Å². The van der Waals surface area contributed by atoms with Crippen LogP contribution < -0.4 is 4.72 Å². The van der Waals surface area contributed by atoms with Crippen LogP contribution in [0.1, 0.15) is 0 Å². The highest BCUT2D eigenvalue weighted by Crippen LogP contribution is 2.26. The Morgan fingerprint density at radius 2 is 1.56 bits per heavy atom. The molecular formula is C13H12BrNO2S. The van der Waals surface area contributed by atoms with Gasteiger partial charge in [0.15, 0.2) is 0 Å². The van der Waals surface area contributed by atoms with Gasteiger partial charge in [-0.2, -0.15) is 0 Å². The Bertz CT molecular complexity index is 626. The van der Waals surface area contributed by atoms with Crippen molar-refractivity contribution in [2.24, 2.45) is 0 Å². The van der Waals surface area contributed by atoms with Gasteiger partial charge in [-0.25, -0.2) is 13.1 Å². The summed E-state index contributed by atoms with van der Waals surface area (Å²) in [6.45, 7) is 0. The number of nitrogens with one attached hydrogen (secondary N) is 1. The van der Waals surface area contributed by atoms with E-state index in [2.05, 4.69) is 20.7 Å². The third kappa shape index (κ3) is 2.80. The Labute approximate surface area is 115 Å². The fourth-order valence-corrected chi connectivity index (χ4v) is 3.64. The highest BCUT2D eigenvalue weighted by Gasteiger charge is 2.17. The molecule has 0 radical (unpaired) electrons. The Hall–Kier alpha value is -1.17. The largest absolute Gasteiger partial charge is 0.241 e. The zero-order valence-electron chi connectivity index (χ0n) is 9.51. The molecule has 0 heterocycles. The van der Waals surface area contributed by atoms with E-state index < -0.39 is 10.0 Å². The summed E-state index contributed by atoms with van der Waals surface area (Å²) in [4.78, 5) is 0.288. The molecule has 5 heteroatoms. The molecule has 0 aromatic heterocycles. The number of hydrogen-bond donors (Lipinski definition) is 1.